The number of unbranched alkanes of at least 4 members (excludes halogenated alkanes) is 34. The summed E-state index contributed by atoms with van der Waals surface area (Å²) in [4.78, 5) is 0.0602. The summed E-state index contributed by atoms with van der Waals surface area (Å²) in [5, 5.41) is 1.48. The third kappa shape index (κ3) is 27.1. The van der Waals surface area contributed by atoms with Gasteiger partial charge < -0.3 is 4.55 Å². The molecule has 2 rings (SSSR count). The van der Waals surface area contributed by atoms with Gasteiger partial charge in [-0.3, -0.25) is 0 Å². The van der Waals surface area contributed by atoms with E-state index in [9.17, 15) is 13.0 Å². The molecule has 55 heavy (non-hydrogen) atoms. The molecule has 0 aromatic heterocycles. The Bertz CT molecular complexity index is 1260. The average Bonchev–Trinajstić information content (AvgIpc) is 3.16. The number of rotatable bonds is 39. The number of aryl methyl sites for hydroxylation is 1. The minimum atomic E-state index is -4.57. The van der Waals surface area contributed by atoms with Gasteiger partial charge in [-0.2, -0.15) is 0 Å². The molecule has 0 bridgehead atoms. The number of hydrogen-bond donors (Lipinski definition) is 0. The molecular weight excluding hydrogens is 704 g/mol. The fourth-order valence-electron chi connectivity index (χ4n) is 8.62. The van der Waals surface area contributed by atoms with Crippen LogP contribution in [0.1, 0.15) is 256 Å². The first-order valence-corrected chi connectivity index (χ1v) is 25.4. The Kier molecular flexibility index (Phi) is 35.1. The largest absolute Gasteiger partial charge is 1.00 e. The van der Waals surface area contributed by atoms with Gasteiger partial charge in [-0.15, -0.1) is 0 Å². The second-order valence-corrected chi connectivity index (χ2v) is 18.4. The molecule has 312 valence electrons. The summed E-state index contributed by atoms with van der Waals surface area (Å²) in [7, 11) is -4.57. The van der Waals surface area contributed by atoms with Crippen molar-refractivity contribution in [2.45, 2.75) is 263 Å². The van der Waals surface area contributed by atoms with Crippen molar-refractivity contribution < 1.29 is 42.5 Å². The molecule has 0 radical (unpaired) electrons. The van der Waals surface area contributed by atoms with Crippen LogP contribution in [0.3, 0.4) is 0 Å². The Balaban J connectivity index is 0.0000151. The summed E-state index contributed by atoms with van der Waals surface area (Å²) in [6.45, 7) is 4.58. The Morgan fingerprint density at radius 2 is 0.709 bits per heavy atom. The molecule has 0 fully saturated rings. The van der Waals surface area contributed by atoms with Gasteiger partial charge in [0.1, 0.15) is 10.1 Å². The number of benzene rings is 2. The molecule has 2 aromatic rings. The Morgan fingerprint density at radius 1 is 0.418 bits per heavy atom. The van der Waals surface area contributed by atoms with Crippen LogP contribution in [-0.2, 0) is 23.0 Å². The van der Waals surface area contributed by atoms with Gasteiger partial charge >= 0.3 is 29.6 Å². The molecule has 0 atom stereocenters. The zero-order valence-corrected chi connectivity index (χ0v) is 39.7. The van der Waals surface area contributed by atoms with E-state index < -0.39 is 10.1 Å². The van der Waals surface area contributed by atoms with Crippen LogP contribution in [0.4, 0.5) is 0 Å². The smallest absolute Gasteiger partial charge is 0.744 e. The van der Waals surface area contributed by atoms with E-state index in [0.29, 0.717) is 11.8 Å². The Hall–Kier alpha value is -0.390. The summed E-state index contributed by atoms with van der Waals surface area (Å²) < 4.78 is 38.1. The maximum Gasteiger partial charge on any atom is 1.00 e. The first-order chi connectivity index (χ1) is 26.5. The van der Waals surface area contributed by atoms with Crippen molar-refractivity contribution in [2.24, 2.45) is 0 Å². The maximum atomic E-state index is 12.7. The molecule has 0 aliphatic rings. The molecule has 2 aromatic carbocycles. The predicted molar refractivity (Wildman–Crippen MR) is 237 cm³/mol. The zero-order chi connectivity index (χ0) is 38.8. The molecule has 0 aliphatic carbocycles. The van der Waals surface area contributed by atoms with Crippen LogP contribution < -0.4 is 29.6 Å². The Morgan fingerprint density at radius 3 is 1.04 bits per heavy atom. The molecule has 0 saturated heterocycles. The van der Waals surface area contributed by atoms with Crippen LogP contribution in [0.15, 0.2) is 35.2 Å². The van der Waals surface area contributed by atoms with Crippen LogP contribution in [0.5, 0.6) is 0 Å². The second kappa shape index (κ2) is 36.7. The van der Waals surface area contributed by atoms with Crippen molar-refractivity contribution in [1.82, 2.24) is 0 Å². The zero-order valence-electron chi connectivity index (χ0n) is 36.9. The normalized spacial score (nSPS) is 11.8. The molecule has 0 aliphatic heterocycles. The van der Waals surface area contributed by atoms with Crippen molar-refractivity contribution in [3.63, 3.8) is 0 Å². The van der Waals surface area contributed by atoms with Gasteiger partial charge in [-0.1, -0.05) is 262 Å². The van der Waals surface area contributed by atoms with Crippen molar-refractivity contribution in [3.05, 3.63) is 41.5 Å². The maximum absolute atomic E-state index is 12.7. The van der Waals surface area contributed by atoms with Crippen LogP contribution >= 0.6 is 0 Å². The summed E-state index contributed by atoms with van der Waals surface area (Å²) >= 11 is 0. The number of hydrogen-bond acceptors (Lipinski definition) is 3. The molecule has 0 saturated carbocycles. The third-order valence-corrected chi connectivity index (χ3v) is 13.0. The van der Waals surface area contributed by atoms with Gasteiger partial charge in [-0.25, -0.2) is 8.42 Å². The van der Waals surface area contributed by atoms with Gasteiger partial charge in [0.05, 0.1) is 4.90 Å². The van der Waals surface area contributed by atoms with Gasteiger partial charge in [0.2, 0.25) is 0 Å². The van der Waals surface area contributed by atoms with E-state index in [1.807, 2.05) is 24.3 Å². The third-order valence-electron chi connectivity index (χ3n) is 12.0. The van der Waals surface area contributed by atoms with Crippen molar-refractivity contribution in [1.29, 1.82) is 0 Å². The summed E-state index contributed by atoms with van der Waals surface area (Å²) in [5.41, 5.74) is 1.90. The second-order valence-electron chi connectivity index (χ2n) is 17.0. The molecule has 5 heteroatoms. The van der Waals surface area contributed by atoms with Crippen molar-refractivity contribution in [2.75, 3.05) is 0 Å². The Labute approximate surface area is 365 Å². The molecule has 0 amide bonds. The first kappa shape index (κ1) is 52.6. The van der Waals surface area contributed by atoms with Crippen molar-refractivity contribution in [3.8, 4) is 0 Å². The van der Waals surface area contributed by atoms with Gasteiger partial charge in [0, 0.05) is 0 Å². The minimum absolute atomic E-state index is 0. The fourth-order valence-corrected chi connectivity index (χ4v) is 9.61. The summed E-state index contributed by atoms with van der Waals surface area (Å²) in [6, 6.07) is 9.76. The van der Waals surface area contributed by atoms with E-state index in [0.717, 1.165) is 42.2 Å². The quantitative estimate of drug-likeness (QED) is 0.0385. The molecule has 3 nitrogen and oxygen atoms in total. The van der Waals surface area contributed by atoms with Crippen LogP contribution in [0, 0.1) is 0 Å². The molecule has 0 unspecified atom stereocenters. The molecule has 0 N–H and O–H groups in total. The fraction of sp³-hybridized carbons (Fsp3) is 0.800. The van der Waals surface area contributed by atoms with Gasteiger partial charge in [0.25, 0.3) is 0 Å². The van der Waals surface area contributed by atoms with Crippen LogP contribution in [0.25, 0.3) is 10.8 Å². The first-order valence-electron chi connectivity index (χ1n) is 24.0. The van der Waals surface area contributed by atoms with Crippen LogP contribution in [-0.4, -0.2) is 13.0 Å². The van der Waals surface area contributed by atoms with Gasteiger partial charge in [-0.05, 0) is 47.6 Å². The van der Waals surface area contributed by atoms with E-state index in [4.69, 9.17) is 0 Å². The van der Waals surface area contributed by atoms with E-state index in [-0.39, 0.29) is 34.5 Å². The number of fused-ring (bicyclic) bond motifs is 1. The minimum Gasteiger partial charge on any atom is -0.744 e. The SMILES string of the molecule is CCCCCCCCCCCCCCCCCCCCc1cc2ccccc2c(S(=O)(=O)[O-])c1CCCCCCCCCCCCCCCCCCCC.[Na+]. The molecule has 0 spiro atoms. The van der Waals surface area contributed by atoms with E-state index in [1.165, 1.54) is 212 Å². The van der Waals surface area contributed by atoms with E-state index >= 15 is 0 Å². The molecular formula is C50H87NaO3S. The van der Waals surface area contributed by atoms with Crippen LogP contribution in [0.2, 0.25) is 0 Å². The predicted octanol–water partition coefficient (Wildman–Crippen LogP) is 13.9. The standard InChI is InChI=1S/C50H88O3S.Na/c1-3-5-7-9-11-13-15-17-19-21-23-25-27-29-31-33-35-37-41-46-45-47-42-39-40-44-49(47)50(54(51,52)53)48(46)43-38-36-34-32-30-28-26-24-22-20-18-16-14-12-10-8-6-4-2;/h39-40,42,44-45H,3-38,41,43H2,1-2H3,(H,51,52,53);/q;+1/p-1. The summed E-state index contributed by atoms with van der Waals surface area (Å²) in [6.07, 6.45) is 49.9. The van der Waals surface area contributed by atoms with E-state index in [2.05, 4.69) is 19.9 Å². The topological polar surface area (TPSA) is 57.2 Å². The van der Waals surface area contributed by atoms with E-state index in [1.54, 1.807) is 0 Å². The monoisotopic (exact) mass is 791 g/mol. The van der Waals surface area contributed by atoms with Gasteiger partial charge in [0.15, 0.2) is 0 Å². The molecule has 0 heterocycles. The van der Waals surface area contributed by atoms with Crippen molar-refractivity contribution >= 4 is 20.9 Å². The average molecular weight is 791 g/mol. The summed E-state index contributed by atoms with van der Waals surface area (Å²) in [5.74, 6) is 0.